The average Bonchev–Trinajstić information content (AvgIpc) is 3.39. The van der Waals surface area contributed by atoms with Crippen molar-refractivity contribution >= 4 is 17.3 Å². The number of hydrogen-bond donors (Lipinski definition) is 2. The molecule has 4 rings (SSSR count). The van der Waals surface area contributed by atoms with Crippen LogP contribution in [-0.2, 0) is 24.8 Å². The Bertz CT molecular complexity index is 1320. The summed E-state index contributed by atoms with van der Waals surface area (Å²) in [6, 6.07) is 9.26. The molecule has 1 amide bonds. The van der Waals surface area contributed by atoms with Gasteiger partial charge in [0, 0.05) is 36.8 Å². The largest absolute Gasteiger partial charge is 0.502 e. The molecule has 0 aliphatic heterocycles. The van der Waals surface area contributed by atoms with E-state index in [0.29, 0.717) is 30.3 Å². The van der Waals surface area contributed by atoms with Gasteiger partial charge in [-0.15, -0.1) is 4.98 Å². The molecule has 2 N–H and O–H groups in total. The predicted octanol–water partition coefficient (Wildman–Crippen LogP) is 4.51. The lowest BCUT2D eigenvalue weighted by Gasteiger charge is -2.15. The summed E-state index contributed by atoms with van der Waals surface area (Å²) in [6.07, 6.45) is 4.47. The van der Waals surface area contributed by atoms with Crippen LogP contribution >= 0.6 is 0 Å². The Kier molecular flexibility index (Phi) is 6.78. The molecule has 1 aromatic carbocycles. The number of phenolic OH excluding ortho intramolecular Hbond substituents is 1. The molecule has 1 unspecified atom stereocenters. The molecular weight excluding hydrogens is 444 g/mol. The smallest absolute Gasteiger partial charge is 0.269 e. The fourth-order valence-electron chi connectivity index (χ4n) is 4.60. The fourth-order valence-corrected chi connectivity index (χ4v) is 4.60. The minimum absolute atomic E-state index is 0.0487. The number of aromatic hydroxyl groups is 1. The summed E-state index contributed by atoms with van der Waals surface area (Å²) in [5.41, 5.74) is 5.88. The van der Waals surface area contributed by atoms with Gasteiger partial charge in [-0.25, -0.2) is 0 Å². The van der Waals surface area contributed by atoms with Crippen molar-refractivity contribution in [1.29, 1.82) is 0 Å². The molecule has 0 bridgehead atoms. The molecule has 8 heteroatoms. The van der Waals surface area contributed by atoms with Crippen LogP contribution in [0.1, 0.15) is 41.6 Å². The first-order valence-electron chi connectivity index (χ1n) is 11.2. The maximum atomic E-state index is 12.9. The van der Waals surface area contributed by atoms with E-state index in [1.807, 2.05) is 36.9 Å². The summed E-state index contributed by atoms with van der Waals surface area (Å²) in [5.74, 6) is 0.699. The third kappa shape index (κ3) is 4.71. The molecule has 1 aliphatic carbocycles. The van der Waals surface area contributed by atoms with E-state index in [2.05, 4.69) is 15.1 Å². The summed E-state index contributed by atoms with van der Waals surface area (Å²) in [6.45, 7) is 9.86. The molecular formula is C27H28N4O4. The van der Waals surface area contributed by atoms with E-state index in [4.69, 9.17) is 16.0 Å². The van der Waals surface area contributed by atoms with Crippen molar-refractivity contribution in [3.8, 4) is 17.2 Å². The van der Waals surface area contributed by atoms with Crippen LogP contribution in [-0.4, -0.2) is 34.8 Å². The number of amides is 1. The molecule has 0 spiro atoms. The molecule has 1 atom stereocenters. The number of methoxy groups -OCH3 is 2. The van der Waals surface area contributed by atoms with Crippen LogP contribution < -0.4 is 14.8 Å². The van der Waals surface area contributed by atoms with Gasteiger partial charge in [-0.05, 0) is 60.4 Å². The number of hydrogen-bond acceptors (Lipinski definition) is 5. The molecule has 180 valence electrons. The van der Waals surface area contributed by atoms with Crippen LogP contribution in [0.5, 0.6) is 17.2 Å². The molecule has 0 fully saturated rings. The standard InChI is InChI=1S/C27H28N4O4/c1-16-19(9-17-10-23(34-4)27(33)24(11-17)35-5)22-15-29-25(28-2)12-21(22)20(16)13-26(32)30-14-18-7-6-8-31(18)3/h6-8,10-12,15,20,33H,9,13-14H2,1,3-5H3,(H,30,32). The van der Waals surface area contributed by atoms with E-state index in [9.17, 15) is 9.90 Å². The van der Waals surface area contributed by atoms with Crippen LogP contribution in [0.3, 0.4) is 0 Å². The molecule has 3 aromatic rings. The quantitative estimate of drug-likeness (QED) is 0.471. The molecule has 0 radical (unpaired) electrons. The molecule has 0 saturated carbocycles. The van der Waals surface area contributed by atoms with Crippen molar-refractivity contribution < 1.29 is 19.4 Å². The normalized spacial score (nSPS) is 14.4. The van der Waals surface area contributed by atoms with Crippen molar-refractivity contribution in [2.45, 2.75) is 32.2 Å². The number of ether oxygens (including phenoxy) is 2. The molecule has 35 heavy (non-hydrogen) atoms. The lowest BCUT2D eigenvalue weighted by molar-refractivity contribution is -0.121. The number of rotatable bonds is 8. The zero-order valence-corrected chi connectivity index (χ0v) is 20.3. The highest BCUT2D eigenvalue weighted by Crippen LogP contribution is 2.46. The number of benzene rings is 1. The zero-order valence-electron chi connectivity index (χ0n) is 20.3. The van der Waals surface area contributed by atoms with Crippen LogP contribution in [0.4, 0.5) is 5.82 Å². The Hall–Kier alpha value is -4.25. The van der Waals surface area contributed by atoms with Gasteiger partial charge < -0.3 is 29.3 Å². The average molecular weight is 473 g/mol. The summed E-state index contributed by atoms with van der Waals surface area (Å²) < 4.78 is 12.6. The minimum atomic E-state index is -0.155. The van der Waals surface area contributed by atoms with Gasteiger partial charge in [-0.2, -0.15) is 0 Å². The Balaban J connectivity index is 1.64. The third-order valence-electron chi connectivity index (χ3n) is 6.56. The van der Waals surface area contributed by atoms with Crippen molar-refractivity contribution in [1.82, 2.24) is 14.9 Å². The SMILES string of the molecule is [C-]#[N+]c1cc2c(cn1)C(Cc1cc(OC)c(O)c(OC)c1)=C(C)C2CC(=O)NCc1cccn1C. The number of carbonyl (C=O) groups is 1. The van der Waals surface area contributed by atoms with Crippen LogP contribution in [0.25, 0.3) is 10.4 Å². The van der Waals surface area contributed by atoms with Gasteiger partial charge in [0.25, 0.3) is 5.82 Å². The highest BCUT2D eigenvalue weighted by Gasteiger charge is 2.32. The van der Waals surface area contributed by atoms with Crippen LogP contribution in [0.15, 0.2) is 48.3 Å². The molecule has 0 saturated heterocycles. The summed E-state index contributed by atoms with van der Waals surface area (Å²) in [5, 5.41) is 13.3. The number of aromatic nitrogens is 2. The summed E-state index contributed by atoms with van der Waals surface area (Å²) in [7, 11) is 4.93. The van der Waals surface area contributed by atoms with E-state index < -0.39 is 0 Å². The van der Waals surface area contributed by atoms with Gasteiger partial charge in [0.2, 0.25) is 11.7 Å². The number of nitrogens with one attached hydrogen (secondary N) is 1. The molecule has 2 heterocycles. The van der Waals surface area contributed by atoms with Gasteiger partial charge in [-0.1, -0.05) is 12.1 Å². The number of nitrogens with zero attached hydrogens (tertiary/aromatic N) is 3. The Morgan fingerprint density at radius 2 is 1.97 bits per heavy atom. The predicted molar refractivity (Wildman–Crippen MR) is 133 cm³/mol. The minimum Gasteiger partial charge on any atom is -0.502 e. The Morgan fingerprint density at radius 3 is 2.57 bits per heavy atom. The number of allylic oxidation sites excluding steroid dienone is 2. The van der Waals surface area contributed by atoms with E-state index in [-0.39, 0.29) is 24.0 Å². The number of phenols is 1. The zero-order chi connectivity index (χ0) is 25.1. The van der Waals surface area contributed by atoms with Crippen molar-refractivity contribution in [3.05, 3.63) is 82.1 Å². The molecule has 2 aromatic heterocycles. The van der Waals surface area contributed by atoms with E-state index in [0.717, 1.165) is 33.5 Å². The third-order valence-corrected chi connectivity index (χ3v) is 6.56. The summed E-state index contributed by atoms with van der Waals surface area (Å²) >= 11 is 0. The summed E-state index contributed by atoms with van der Waals surface area (Å²) in [4.78, 5) is 20.7. The first kappa shape index (κ1) is 23.9. The highest BCUT2D eigenvalue weighted by molar-refractivity contribution is 5.84. The van der Waals surface area contributed by atoms with Gasteiger partial charge in [-0.3, -0.25) is 4.79 Å². The number of pyridine rings is 1. The van der Waals surface area contributed by atoms with E-state index in [1.165, 1.54) is 14.2 Å². The van der Waals surface area contributed by atoms with Gasteiger partial charge in [0.15, 0.2) is 11.5 Å². The second-order valence-electron chi connectivity index (χ2n) is 8.57. The number of fused-ring (bicyclic) bond motifs is 1. The van der Waals surface area contributed by atoms with E-state index >= 15 is 0 Å². The maximum Gasteiger partial charge on any atom is 0.269 e. The monoisotopic (exact) mass is 472 g/mol. The maximum absolute atomic E-state index is 12.9. The second kappa shape index (κ2) is 9.94. The lowest BCUT2D eigenvalue weighted by atomic mass is 9.93. The van der Waals surface area contributed by atoms with Crippen molar-refractivity contribution in [2.24, 2.45) is 7.05 Å². The second-order valence-corrected chi connectivity index (χ2v) is 8.57. The van der Waals surface area contributed by atoms with Gasteiger partial charge in [0.05, 0.1) is 20.8 Å². The van der Waals surface area contributed by atoms with Crippen molar-refractivity contribution in [3.63, 3.8) is 0 Å². The first-order valence-corrected chi connectivity index (χ1v) is 11.2. The number of aryl methyl sites for hydroxylation is 1. The van der Waals surface area contributed by atoms with Crippen LogP contribution in [0.2, 0.25) is 0 Å². The highest BCUT2D eigenvalue weighted by atomic mass is 16.5. The Labute approximate surface area is 204 Å². The van der Waals surface area contributed by atoms with E-state index in [1.54, 1.807) is 24.4 Å². The first-order chi connectivity index (χ1) is 16.9. The number of carbonyl (C=O) groups excluding carboxylic acids is 1. The van der Waals surface area contributed by atoms with Crippen LogP contribution in [0, 0.1) is 6.57 Å². The molecule has 1 aliphatic rings. The topological polar surface area (TPSA) is 90.0 Å². The van der Waals surface area contributed by atoms with Gasteiger partial charge in [0.1, 0.15) is 6.20 Å². The van der Waals surface area contributed by atoms with Gasteiger partial charge >= 0.3 is 0 Å². The fraction of sp³-hybridized carbons (Fsp3) is 0.296. The molecule has 8 nitrogen and oxygen atoms in total. The van der Waals surface area contributed by atoms with Crippen molar-refractivity contribution in [2.75, 3.05) is 14.2 Å². The lowest BCUT2D eigenvalue weighted by Crippen LogP contribution is -2.25. The Morgan fingerprint density at radius 1 is 1.26 bits per heavy atom.